The first-order valence-corrected chi connectivity index (χ1v) is 5.75. The van der Waals surface area contributed by atoms with Crippen molar-refractivity contribution in [2.75, 3.05) is 6.54 Å². The lowest BCUT2D eigenvalue weighted by atomic mass is 9.98. The summed E-state index contributed by atoms with van der Waals surface area (Å²) in [6.45, 7) is 7.53. The van der Waals surface area contributed by atoms with Crippen molar-refractivity contribution in [3.8, 4) is 0 Å². The van der Waals surface area contributed by atoms with Crippen LogP contribution < -0.4 is 5.32 Å². The number of nitrogens with one attached hydrogen (secondary N) is 1. The van der Waals surface area contributed by atoms with Gasteiger partial charge in [-0.1, -0.05) is 25.9 Å². The highest BCUT2D eigenvalue weighted by Gasteiger charge is 2.24. The van der Waals surface area contributed by atoms with E-state index in [1.807, 2.05) is 0 Å². The average Bonchev–Trinajstić information content (AvgIpc) is 2.86. The molecule has 2 heterocycles. The van der Waals surface area contributed by atoms with Crippen molar-refractivity contribution in [1.29, 1.82) is 0 Å². The fourth-order valence-electron chi connectivity index (χ4n) is 1.76. The fraction of sp³-hybridized carbons (Fsp3) is 0.818. The van der Waals surface area contributed by atoms with Crippen LogP contribution >= 0.6 is 0 Å². The van der Waals surface area contributed by atoms with E-state index >= 15 is 0 Å². The summed E-state index contributed by atoms with van der Waals surface area (Å²) < 4.78 is 5.30. The maximum Gasteiger partial charge on any atom is 0.229 e. The summed E-state index contributed by atoms with van der Waals surface area (Å²) in [4.78, 5) is 4.47. The molecule has 0 amide bonds. The van der Waals surface area contributed by atoms with Crippen molar-refractivity contribution < 1.29 is 4.52 Å². The van der Waals surface area contributed by atoms with Crippen molar-refractivity contribution in [1.82, 2.24) is 15.5 Å². The number of rotatable bonds is 3. The van der Waals surface area contributed by atoms with Gasteiger partial charge in [0.15, 0.2) is 5.82 Å². The summed E-state index contributed by atoms with van der Waals surface area (Å²) in [6.07, 6.45) is 2.32. The standard InChI is InChI=1S/C11H19N3O/c1-7(2)8(3)11-13-10(14-15-11)9-5-4-6-12-9/h7-9,12H,4-6H2,1-3H3. The van der Waals surface area contributed by atoms with Crippen LogP contribution in [-0.4, -0.2) is 16.7 Å². The molecule has 0 aliphatic carbocycles. The number of hydrogen-bond donors (Lipinski definition) is 1. The highest BCUT2D eigenvalue weighted by atomic mass is 16.5. The van der Waals surface area contributed by atoms with Crippen molar-refractivity contribution in [2.24, 2.45) is 5.92 Å². The van der Waals surface area contributed by atoms with Crippen LogP contribution in [0.25, 0.3) is 0 Å². The second kappa shape index (κ2) is 4.31. The minimum absolute atomic E-state index is 0.307. The molecule has 2 rings (SSSR count). The smallest absolute Gasteiger partial charge is 0.229 e. The predicted molar refractivity (Wildman–Crippen MR) is 57.5 cm³/mol. The SMILES string of the molecule is CC(C)C(C)c1nc(C2CCCN2)no1. The summed E-state index contributed by atoms with van der Waals surface area (Å²) in [7, 11) is 0. The molecular weight excluding hydrogens is 190 g/mol. The van der Waals surface area contributed by atoms with Gasteiger partial charge in [-0.3, -0.25) is 0 Å². The Hall–Kier alpha value is -0.900. The van der Waals surface area contributed by atoms with Gasteiger partial charge >= 0.3 is 0 Å². The van der Waals surface area contributed by atoms with Crippen LogP contribution in [0.2, 0.25) is 0 Å². The van der Waals surface area contributed by atoms with Crippen molar-refractivity contribution in [3.05, 3.63) is 11.7 Å². The van der Waals surface area contributed by atoms with Gasteiger partial charge in [0.25, 0.3) is 0 Å². The zero-order valence-electron chi connectivity index (χ0n) is 9.66. The third-order valence-electron chi connectivity index (χ3n) is 3.22. The Balaban J connectivity index is 2.09. The molecule has 0 bridgehead atoms. The molecule has 1 aliphatic rings. The summed E-state index contributed by atoms with van der Waals surface area (Å²) in [5.41, 5.74) is 0. The van der Waals surface area contributed by atoms with E-state index in [0.717, 1.165) is 24.7 Å². The predicted octanol–water partition coefficient (Wildman–Crippen LogP) is 2.25. The molecule has 0 spiro atoms. The van der Waals surface area contributed by atoms with Gasteiger partial charge < -0.3 is 9.84 Å². The monoisotopic (exact) mass is 209 g/mol. The normalized spacial score (nSPS) is 23.6. The lowest BCUT2D eigenvalue weighted by Crippen LogP contribution is -2.14. The maximum absolute atomic E-state index is 5.30. The van der Waals surface area contributed by atoms with E-state index in [0.29, 0.717) is 17.9 Å². The minimum atomic E-state index is 0.307. The number of aromatic nitrogens is 2. The Kier molecular flexibility index (Phi) is 3.05. The largest absolute Gasteiger partial charge is 0.339 e. The van der Waals surface area contributed by atoms with E-state index in [1.54, 1.807) is 0 Å². The molecule has 2 atom stereocenters. The minimum Gasteiger partial charge on any atom is -0.339 e. The van der Waals surface area contributed by atoms with Gasteiger partial charge in [-0.25, -0.2) is 0 Å². The van der Waals surface area contributed by atoms with E-state index in [4.69, 9.17) is 4.52 Å². The molecule has 84 valence electrons. The zero-order chi connectivity index (χ0) is 10.8. The van der Waals surface area contributed by atoms with Gasteiger partial charge in [0, 0.05) is 5.92 Å². The van der Waals surface area contributed by atoms with Gasteiger partial charge in [-0.05, 0) is 25.3 Å². The van der Waals surface area contributed by atoms with Crippen LogP contribution in [0.4, 0.5) is 0 Å². The molecule has 2 unspecified atom stereocenters. The topological polar surface area (TPSA) is 51.0 Å². The van der Waals surface area contributed by atoms with Crippen LogP contribution in [0.3, 0.4) is 0 Å². The molecular formula is C11H19N3O. The summed E-state index contributed by atoms with van der Waals surface area (Å²) >= 11 is 0. The first-order valence-electron chi connectivity index (χ1n) is 5.75. The van der Waals surface area contributed by atoms with Crippen LogP contribution in [0.5, 0.6) is 0 Å². The zero-order valence-corrected chi connectivity index (χ0v) is 9.66. The first kappa shape index (κ1) is 10.6. The van der Waals surface area contributed by atoms with E-state index in [1.165, 1.54) is 6.42 Å². The van der Waals surface area contributed by atoms with E-state index in [-0.39, 0.29) is 0 Å². The molecule has 1 aromatic rings. The van der Waals surface area contributed by atoms with E-state index in [9.17, 15) is 0 Å². The summed E-state index contributed by atoms with van der Waals surface area (Å²) in [5, 5.41) is 7.42. The first-order chi connectivity index (χ1) is 7.18. The van der Waals surface area contributed by atoms with E-state index < -0.39 is 0 Å². The van der Waals surface area contributed by atoms with Gasteiger partial charge in [-0.2, -0.15) is 4.98 Å². The second-order valence-electron chi connectivity index (χ2n) is 4.67. The van der Waals surface area contributed by atoms with Crippen LogP contribution in [-0.2, 0) is 0 Å². The highest BCUT2D eigenvalue weighted by molar-refractivity contribution is 4.99. The Morgan fingerprint density at radius 1 is 1.40 bits per heavy atom. The van der Waals surface area contributed by atoms with Gasteiger partial charge in [0.05, 0.1) is 6.04 Å². The summed E-state index contributed by atoms with van der Waals surface area (Å²) in [6, 6.07) is 0.307. The van der Waals surface area contributed by atoms with E-state index in [2.05, 4.69) is 36.2 Å². The molecule has 0 radical (unpaired) electrons. The third-order valence-corrected chi connectivity index (χ3v) is 3.22. The molecule has 15 heavy (non-hydrogen) atoms. The van der Waals surface area contributed by atoms with Gasteiger partial charge in [0.2, 0.25) is 5.89 Å². The third kappa shape index (κ3) is 2.20. The van der Waals surface area contributed by atoms with Crippen molar-refractivity contribution >= 4 is 0 Å². The number of hydrogen-bond acceptors (Lipinski definition) is 4. The Morgan fingerprint density at radius 3 is 2.80 bits per heavy atom. The molecule has 0 aromatic carbocycles. The van der Waals surface area contributed by atoms with Crippen LogP contribution in [0.15, 0.2) is 4.52 Å². The Bertz CT molecular complexity index is 299. The molecule has 0 saturated carbocycles. The quantitative estimate of drug-likeness (QED) is 0.829. The second-order valence-corrected chi connectivity index (χ2v) is 4.67. The fourth-order valence-corrected chi connectivity index (χ4v) is 1.76. The molecule has 1 saturated heterocycles. The van der Waals surface area contributed by atoms with Gasteiger partial charge in [-0.15, -0.1) is 0 Å². The van der Waals surface area contributed by atoms with Crippen molar-refractivity contribution in [3.63, 3.8) is 0 Å². The van der Waals surface area contributed by atoms with Crippen molar-refractivity contribution in [2.45, 2.75) is 45.6 Å². The average molecular weight is 209 g/mol. The molecule has 4 heteroatoms. The Labute approximate surface area is 90.4 Å². The maximum atomic E-state index is 5.30. The molecule has 1 aromatic heterocycles. The Morgan fingerprint density at radius 2 is 2.20 bits per heavy atom. The lowest BCUT2D eigenvalue weighted by molar-refractivity contribution is 0.326. The van der Waals surface area contributed by atoms with Gasteiger partial charge in [0.1, 0.15) is 0 Å². The molecule has 1 aliphatic heterocycles. The molecule has 4 nitrogen and oxygen atoms in total. The van der Waals surface area contributed by atoms with Crippen LogP contribution in [0, 0.1) is 5.92 Å². The van der Waals surface area contributed by atoms with Crippen LogP contribution in [0.1, 0.15) is 57.3 Å². The highest BCUT2D eigenvalue weighted by Crippen LogP contribution is 2.25. The summed E-state index contributed by atoms with van der Waals surface area (Å²) in [5.74, 6) is 2.48. The molecule has 1 N–H and O–H groups in total. The molecule has 1 fully saturated rings. The number of nitrogens with zero attached hydrogens (tertiary/aromatic N) is 2. The lowest BCUT2D eigenvalue weighted by Gasteiger charge is -2.09.